The van der Waals surface area contributed by atoms with E-state index in [9.17, 15) is 0 Å². The average molecular weight is 251 g/mol. The summed E-state index contributed by atoms with van der Waals surface area (Å²) in [5, 5.41) is 10.5. The van der Waals surface area contributed by atoms with E-state index in [1.807, 2.05) is 35.1 Å². The number of benzene rings is 1. The van der Waals surface area contributed by atoms with Crippen molar-refractivity contribution in [1.29, 1.82) is 0 Å². The highest BCUT2D eigenvalue weighted by Crippen LogP contribution is 2.43. The molecule has 2 aromatic heterocycles. The first-order valence-corrected chi connectivity index (χ1v) is 6.39. The van der Waals surface area contributed by atoms with Crippen molar-refractivity contribution in [3.63, 3.8) is 0 Å². The second kappa shape index (κ2) is 3.78. The van der Waals surface area contributed by atoms with Crippen LogP contribution in [0.15, 0.2) is 36.7 Å². The number of nitrogens with two attached hydrogens (primary N) is 1. The van der Waals surface area contributed by atoms with Crippen LogP contribution in [0.25, 0.3) is 16.5 Å². The molecule has 1 aromatic carbocycles. The quantitative estimate of drug-likeness (QED) is 0.758. The maximum Gasteiger partial charge on any atom is 0.169 e. The molecule has 0 unspecified atom stereocenters. The van der Waals surface area contributed by atoms with E-state index in [0.717, 1.165) is 22.2 Å². The SMILES string of the molecule is Nc1nnn(-c2cccc3cnccc23)c1C1CC1. The third-order valence-electron chi connectivity index (χ3n) is 3.58. The Hall–Kier alpha value is -2.43. The Balaban J connectivity index is 2.00. The zero-order chi connectivity index (χ0) is 12.8. The highest BCUT2D eigenvalue weighted by Gasteiger charge is 2.31. The van der Waals surface area contributed by atoms with Gasteiger partial charge in [0.1, 0.15) is 0 Å². The topological polar surface area (TPSA) is 69.6 Å². The molecule has 5 nitrogen and oxygen atoms in total. The van der Waals surface area contributed by atoms with Crippen LogP contribution >= 0.6 is 0 Å². The molecule has 2 N–H and O–H groups in total. The van der Waals surface area contributed by atoms with Crippen molar-refractivity contribution in [2.45, 2.75) is 18.8 Å². The van der Waals surface area contributed by atoms with Gasteiger partial charge in [0, 0.05) is 29.1 Å². The van der Waals surface area contributed by atoms with Gasteiger partial charge in [-0.3, -0.25) is 4.98 Å². The highest BCUT2D eigenvalue weighted by molar-refractivity contribution is 5.89. The Kier molecular flexibility index (Phi) is 2.09. The van der Waals surface area contributed by atoms with Gasteiger partial charge in [-0.1, -0.05) is 17.3 Å². The van der Waals surface area contributed by atoms with Crippen LogP contribution in [0.2, 0.25) is 0 Å². The minimum Gasteiger partial charge on any atom is -0.381 e. The fourth-order valence-electron chi connectivity index (χ4n) is 2.51. The smallest absolute Gasteiger partial charge is 0.169 e. The van der Waals surface area contributed by atoms with E-state index in [1.54, 1.807) is 6.20 Å². The van der Waals surface area contributed by atoms with E-state index in [2.05, 4.69) is 15.3 Å². The monoisotopic (exact) mass is 251 g/mol. The average Bonchev–Trinajstić information content (AvgIpc) is 3.21. The summed E-state index contributed by atoms with van der Waals surface area (Å²) < 4.78 is 1.88. The fraction of sp³-hybridized carbons (Fsp3) is 0.214. The Morgan fingerprint density at radius 1 is 1.21 bits per heavy atom. The van der Waals surface area contributed by atoms with E-state index in [4.69, 9.17) is 5.73 Å². The van der Waals surface area contributed by atoms with E-state index >= 15 is 0 Å². The van der Waals surface area contributed by atoms with Crippen LogP contribution < -0.4 is 5.73 Å². The second-order valence-corrected chi connectivity index (χ2v) is 4.92. The maximum absolute atomic E-state index is 5.96. The van der Waals surface area contributed by atoms with Crippen molar-refractivity contribution >= 4 is 16.6 Å². The summed E-state index contributed by atoms with van der Waals surface area (Å²) in [5.41, 5.74) is 8.02. The molecule has 5 heteroatoms. The molecule has 0 aliphatic heterocycles. The maximum atomic E-state index is 5.96. The molecular weight excluding hydrogens is 238 g/mol. The van der Waals surface area contributed by atoms with E-state index in [-0.39, 0.29) is 0 Å². The van der Waals surface area contributed by atoms with Gasteiger partial charge in [0.2, 0.25) is 0 Å². The number of nitrogen functional groups attached to an aromatic ring is 1. The molecule has 4 rings (SSSR count). The predicted molar refractivity (Wildman–Crippen MR) is 73.0 cm³/mol. The first kappa shape index (κ1) is 10.5. The molecule has 1 saturated carbocycles. The molecule has 0 radical (unpaired) electrons. The van der Waals surface area contributed by atoms with Crippen LogP contribution in [-0.4, -0.2) is 20.0 Å². The molecular formula is C14H13N5. The molecule has 0 amide bonds. The summed E-state index contributed by atoms with van der Waals surface area (Å²) in [6, 6.07) is 8.10. The number of pyridine rings is 1. The fourth-order valence-corrected chi connectivity index (χ4v) is 2.51. The number of rotatable bonds is 2. The molecule has 1 aliphatic rings. The van der Waals surface area contributed by atoms with Crippen molar-refractivity contribution < 1.29 is 0 Å². The van der Waals surface area contributed by atoms with Crippen molar-refractivity contribution in [2.24, 2.45) is 0 Å². The van der Waals surface area contributed by atoms with Crippen LogP contribution in [0.3, 0.4) is 0 Å². The van der Waals surface area contributed by atoms with Crippen molar-refractivity contribution in [1.82, 2.24) is 20.0 Å². The standard InChI is InChI=1S/C14H13N5/c15-14-13(9-4-5-9)19(18-17-14)12-3-1-2-10-8-16-7-6-11(10)12/h1-3,6-9H,4-5,15H2. The molecule has 0 saturated heterocycles. The van der Waals surface area contributed by atoms with E-state index in [1.165, 1.54) is 12.8 Å². The van der Waals surface area contributed by atoms with Gasteiger partial charge in [-0.05, 0) is 25.0 Å². The summed E-state index contributed by atoms with van der Waals surface area (Å²) >= 11 is 0. The number of hydrogen-bond acceptors (Lipinski definition) is 4. The first-order chi connectivity index (χ1) is 9.34. The molecule has 1 fully saturated rings. The highest BCUT2D eigenvalue weighted by atomic mass is 15.4. The van der Waals surface area contributed by atoms with Crippen LogP contribution in [0.1, 0.15) is 24.5 Å². The molecule has 0 atom stereocenters. The van der Waals surface area contributed by atoms with Gasteiger partial charge < -0.3 is 5.73 Å². The summed E-state index contributed by atoms with van der Waals surface area (Å²) in [6.45, 7) is 0. The number of aromatic nitrogens is 4. The Labute approximate surface area is 110 Å². The number of nitrogens with zero attached hydrogens (tertiary/aromatic N) is 4. The van der Waals surface area contributed by atoms with Gasteiger partial charge in [0.15, 0.2) is 5.82 Å². The summed E-state index contributed by atoms with van der Waals surface area (Å²) in [5.74, 6) is 1.06. The van der Waals surface area contributed by atoms with Crippen molar-refractivity contribution in [2.75, 3.05) is 5.73 Å². The second-order valence-electron chi connectivity index (χ2n) is 4.92. The van der Waals surface area contributed by atoms with Gasteiger partial charge >= 0.3 is 0 Å². The molecule has 0 bridgehead atoms. The predicted octanol–water partition coefficient (Wildman–Crippen LogP) is 2.28. The zero-order valence-corrected chi connectivity index (χ0v) is 10.3. The van der Waals surface area contributed by atoms with Gasteiger partial charge in [-0.25, -0.2) is 4.68 Å². The molecule has 3 aromatic rings. The van der Waals surface area contributed by atoms with Crippen molar-refractivity contribution in [3.8, 4) is 5.69 Å². The number of fused-ring (bicyclic) bond motifs is 1. The Morgan fingerprint density at radius 2 is 2.11 bits per heavy atom. The summed E-state index contributed by atoms with van der Waals surface area (Å²) in [6.07, 6.45) is 5.99. The lowest BCUT2D eigenvalue weighted by Gasteiger charge is -2.08. The largest absolute Gasteiger partial charge is 0.381 e. The van der Waals surface area contributed by atoms with Crippen LogP contribution in [0, 0.1) is 0 Å². The lowest BCUT2D eigenvalue weighted by atomic mass is 10.1. The normalized spacial score (nSPS) is 14.9. The zero-order valence-electron chi connectivity index (χ0n) is 10.3. The van der Waals surface area contributed by atoms with E-state index in [0.29, 0.717) is 11.7 Å². The number of hydrogen-bond donors (Lipinski definition) is 1. The van der Waals surface area contributed by atoms with Gasteiger partial charge in [-0.2, -0.15) is 0 Å². The summed E-state index contributed by atoms with van der Waals surface area (Å²) in [4.78, 5) is 4.15. The molecule has 19 heavy (non-hydrogen) atoms. The minimum absolute atomic E-state index is 0.507. The molecule has 0 spiro atoms. The van der Waals surface area contributed by atoms with Gasteiger partial charge in [-0.15, -0.1) is 5.10 Å². The van der Waals surface area contributed by atoms with Gasteiger partial charge in [0.05, 0.1) is 11.4 Å². The van der Waals surface area contributed by atoms with Gasteiger partial charge in [0.25, 0.3) is 0 Å². The van der Waals surface area contributed by atoms with E-state index < -0.39 is 0 Å². The summed E-state index contributed by atoms with van der Waals surface area (Å²) in [7, 11) is 0. The van der Waals surface area contributed by atoms with Crippen LogP contribution in [0.4, 0.5) is 5.82 Å². The van der Waals surface area contributed by atoms with Crippen LogP contribution in [-0.2, 0) is 0 Å². The molecule has 94 valence electrons. The third kappa shape index (κ3) is 1.58. The number of anilines is 1. The minimum atomic E-state index is 0.507. The Bertz CT molecular complexity index is 752. The molecule has 1 aliphatic carbocycles. The lowest BCUT2D eigenvalue weighted by molar-refractivity contribution is 0.768. The lowest BCUT2D eigenvalue weighted by Crippen LogP contribution is -2.03. The third-order valence-corrected chi connectivity index (χ3v) is 3.58. The first-order valence-electron chi connectivity index (χ1n) is 6.39. The van der Waals surface area contributed by atoms with Crippen molar-refractivity contribution in [3.05, 3.63) is 42.4 Å². The Morgan fingerprint density at radius 3 is 2.95 bits per heavy atom. The van der Waals surface area contributed by atoms with Crippen LogP contribution in [0.5, 0.6) is 0 Å². The molecule has 2 heterocycles.